The standard InChI is InChI=1S/C17H17N3O6/c21-9-13-12(22)6-14(26-13)20-8-11(16(24)19-17(20)25)15(23)18-7-10-4-2-1-3-5-10/h1-6,8,13-14,21-22H,7,9H2,(H,18,23)(H,19,24,25)/t13-,14-/m1/s1. The number of nitrogens with zero attached hydrogens (tertiary/aromatic N) is 1. The summed E-state index contributed by atoms with van der Waals surface area (Å²) in [6.07, 6.45) is 0.272. The van der Waals surface area contributed by atoms with Crippen molar-refractivity contribution in [2.45, 2.75) is 18.9 Å². The van der Waals surface area contributed by atoms with E-state index in [1.807, 2.05) is 35.3 Å². The Kier molecular flexibility index (Phi) is 5.01. The highest BCUT2D eigenvalue weighted by atomic mass is 16.5. The Morgan fingerprint density at radius 2 is 2.00 bits per heavy atom. The maximum atomic E-state index is 12.3. The highest BCUT2D eigenvalue weighted by Crippen LogP contribution is 2.23. The Hall–Kier alpha value is -3.17. The summed E-state index contributed by atoms with van der Waals surface area (Å²) in [4.78, 5) is 38.3. The van der Waals surface area contributed by atoms with E-state index in [-0.39, 0.29) is 17.9 Å². The van der Waals surface area contributed by atoms with E-state index in [0.29, 0.717) is 0 Å². The molecule has 9 heteroatoms. The van der Waals surface area contributed by atoms with E-state index in [1.165, 1.54) is 6.08 Å². The second kappa shape index (κ2) is 7.38. The van der Waals surface area contributed by atoms with E-state index in [9.17, 15) is 19.5 Å². The summed E-state index contributed by atoms with van der Waals surface area (Å²) in [6, 6.07) is 9.13. The van der Waals surface area contributed by atoms with Crippen LogP contribution in [0, 0.1) is 0 Å². The highest BCUT2D eigenvalue weighted by molar-refractivity contribution is 5.93. The van der Waals surface area contributed by atoms with Gasteiger partial charge in [0.25, 0.3) is 11.5 Å². The van der Waals surface area contributed by atoms with Crippen molar-refractivity contribution in [1.29, 1.82) is 0 Å². The molecule has 26 heavy (non-hydrogen) atoms. The molecule has 0 spiro atoms. The predicted molar refractivity (Wildman–Crippen MR) is 90.6 cm³/mol. The smallest absolute Gasteiger partial charge is 0.330 e. The van der Waals surface area contributed by atoms with E-state index in [0.717, 1.165) is 16.3 Å². The number of H-pyrrole nitrogens is 1. The van der Waals surface area contributed by atoms with Gasteiger partial charge in [0.15, 0.2) is 6.23 Å². The van der Waals surface area contributed by atoms with E-state index in [2.05, 4.69) is 5.32 Å². The third kappa shape index (κ3) is 3.58. The van der Waals surface area contributed by atoms with Crippen LogP contribution in [0.3, 0.4) is 0 Å². The van der Waals surface area contributed by atoms with E-state index < -0.39 is 36.1 Å². The lowest BCUT2D eigenvalue weighted by Gasteiger charge is -2.15. The lowest BCUT2D eigenvalue weighted by atomic mass is 10.2. The van der Waals surface area contributed by atoms with Crippen molar-refractivity contribution in [1.82, 2.24) is 14.9 Å². The van der Waals surface area contributed by atoms with Gasteiger partial charge in [-0.25, -0.2) is 4.79 Å². The molecule has 0 radical (unpaired) electrons. The average Bonchev–Trinajstić information content (AvgIpc) is 3.01. The Morgan fingerprint density at radius 1 is 1.27 bits per heavy atom. The lowest BCUT2D eigenvalue weighted by Crippen LogP contribution is -2.38. The van der Waals surface area contributed by atoms with Gasteiger partial charge in [0, 0.05) is 18.8 Å². The summed E-state index contributed by atoms with van der Waals surface area (Å²) in [7, 11) is 0. The minimum Gasteiger partial charge on any atom is -0.510 e. The number of hydrogen-bond acceptors (Lipinski definition) is 6. The quantitative estimate of drug-likeness (QED) is 0.584. The number of nitrogens with one attached hydrogen (secondary N) is 2. The summed E-state index contributed by atoms with van der Waals surface area (Å²) in [5, 5.41) is 21.4. The molecule has 1 aromatic carbocycles. The summed E-state index contributed by atoms with van der Waals surface area (Å²) < 4.78 is 6.27. The number of amides is 1. The van der Waals surface area contributed by atoms with E-state index in [4.69, 9.17) is 9.84 Å². The van der Waals surface area contributed by atoms with Gasteiger partial charge in [-0.15, -0.1) is 0 Å². The number of hydrogen-bond donors (Lipinski definition) is 4. The maximum absolute atomic E-state index is 12.3. The van der Waals surface area contributed by atoms with Crippen LogP contribution in [0.5, 0.6) is 0 Å². The summed E-state index contributed by atoms with van der Waals surface area (Å²) in [5.74, 6) is -0.889. The van der Waals surface area contributed by atoms with Crippen molar-refractivity contribution in [2.24, 2.45) is 0 Å². The largest absolute Gasteiger partial charge is 0.510 e. The van der Waals surface area contributed by atoms with Crippen molar-refractivity contribution in [3.63, 3.8) is 0 Å². The van der Waals surface area contributed by atoms with Crippen LogP contribution in [0.25, 0.3) is 0 Å². The first-order valence-electron chi connectivity index (χ1n) is 7.84. The first-order valence-corrected chi connectivity index (χ1v) is 7.84. The second-order valence-electron chi connectivity index (χ2n) is 5.67. The minimum absolute atomic E-state index is 0.214. The van der Waals surface area contributed by atoms with Crippen LogP contribution in [0.1, 0.15) is 22.1 Å². The number of aromatic amines is 1. The van der Waals surface area contributed by atoms with Crippen LogP contribution < -0.4 is 16.6 Å². The first kappa shape index (κ1) is 17.6. The van der Waals surface area contributed by atoms with Gasteiger partial charge in [0.05, 0.1) is 6.61 Å². The van der Waals surface area contributed by atoms with Crippen molar-refractivity contribution < 1.29 is 19.7 Å². The topological polar surface area (TPSA) is 134 Å². The SMILES string of the molecule is O=C(NCc1ccccc1)c1cn([C@H]2C=C(O)[C@@H](CO)O2)c(=O)[nH]c1=O. The van der Waals surface area contributed by atoms with Crippen LogP contribution in [-0.2, 0) is 11.3 Å². The minimum atomic E-state index is -1.04. The van der Waals surface area contributed by atoms with Gasteiger partial charge in [-0.2, -0.15) is 0 Å². The van der Waals surface area contributed by atoms with Gasteiger partial charge in [0.1, 0.15) is 17.4 Å². The number of aliphatic hydroxyl groups excluding tert-OH is 2. The van der Waals surface area contributed by atoms with Gasteiger partial charge < -0.3 is 20.3 Å². The molecule has 2 atom stereocenters. The highest BCUT2D eigenvalue weighted by Gasteiger charge is 2.29. The molecule has 0 saturated heterocycles. The molecule has 4 N–H and O–H groups in total. The Labute approximate surface area is 147 Å². The average molecular weight is 359 g/mol. The Balaban J connectivity index is 1.83. The molecule has 3 rings (SSSR count). The van der Waals surface area contributed by atoms with Gasteiger partial charge in [-0.1, -0.05) is 30.3 Å². The molecule has 1 aromatic heterocycles. The first-order chi connectivity index (χ1) is 12.5. The van der Waals surface area contributed by atoms with E-state index >= 15 is 0 Å². The lowest BCUT2D eigenvalue weighted by molar-refractivity contribution is -0.0251. The number of carbonyl (C=O) groups excluding carboxylic acids is 1. The molecule has 1 amide bonds. The molecule has 0 bridgehead atoms. The third-order valence-corrected chi connectivity index (χ3v) is 3.90. The molecule has 2 heterocycles. The van der Waals surface area contributed by atoms with Crippen LogP contribution in [0.2, 0.25) is 0 Å². The molecule has 2 aromatic rings. The number of aromatic nitrogens is 2. The molecule has 0 saturated carbocycles. The zero-order chi connectivity index (χ0) is 18.7. The number of aliphatic hydroxyl groups is 2. The molecule has 0 aliphatic carbocycles. The monoisotopic (exact) mass is 359 g/mol. The second-order valence-corrected chi connectivity index (χ2v) is 5.67. The summed E-state index contributed by atoms with van der Waals surface area (Å²) in [6.45, 7) is -0.257. The van der Waals surface area contributed by atoms with Gasteiger partial charge in [-0.3, -0.25) is 19.1 Å². The Bertz CT molecular complexity index is 947. The van der Waals surface area contributed by atoms with Crippen LogP contribution >= 0.6 is 0 Å². The maximum Gasteiger partial charge on any atom is 0.330 e. The summed E-state index contributed by atoms with van der Waals surface area (Å²) >= 11 is 0. The molecule has 1 aliphatic heterocycles. The molecule has 1 aliphatic rings. The number of ether oxygens (including phenoxy) is 1. The third-order valence-electron chi connectivity index (χ3n) is 3.90. The van der Waals surface area contributed by atoms with Crippen LogP contribution in [0.4, 0.5) is 0 Å². The number of benzene rings is 1. The molecule has 9 nitrogen and oxygen atoms in total. The van der Waals surface area contributed by atoms with Gasteiger partial charge in [-0.05, 0) is 5.56 Å². The van der Waals surface area contributed by atoms with Crippen molar-refractivity contribution in [3.05, 3.63) is 80.3 Å². The van der Waals surface area contributed by atoms with Crippen LogP contribution in [-0.4, -0.2) is 38.4 Å². The van der Waals surface area contributed by atoms with Crippen molar-refractivity contribution in [3.8, 4) is 0 Å². The van der Waals surface area contributed by atoms with Gasteiger partial charge in [0.2, 0.25) is 0 Å². The van der Waals surface area contributed by atoms with Crippen molar-refractivity contribution >= 4 is 5.91 Å². The van der Waals surface area contributed by atoms with E-state index in [1.54, 1.807) is 0 Å². The molecular weight excluding hydrogens is 342 g/mol. The number of rotatable bonds is 5. The molecule has 0 unspecified atom stereocenters. The fraction of sp³-hybridized carbons (Fsp3) is 0.235. The van der Waals surface area contributed by atoms with Crippen LogP contribution in [0.15, 0.2) is 58.0 Å². The zero-order valence-electron chi connectivity index (χ0n) is 13.6. The Morgan fingerprint density at radius 3 is 2.65 bits per heavy atom. The zero-order valence-corrected chi connectivity index (χ0v) is 13.6. The summed E-state index contributed by atoms with van der Waals surface area (Å²) in [5.41, 5.74) is -1.06. The van der Waals surface area contributed by atoms with Crippen molar-refractivity contribution in [2.75, 3.05) is 6.61 Å². The fourth-order valence-corrected chi connectivity index (χ4v) is 2.52. The fourth-order valence-electron chi connectivity index (χ4n) is 2.52. The predicted octanol–water partition coefficient (Wildman–Crippen LogP) is -0.202. The molecule has 136 valence electrons. The molecule has 0 fully saturated rings. The molecular formula is C17H17N3O6. The number of carbonyl (C=O) groups is 1. The van der Waals surface area contributed by atoms with Gasteiger partial charge >= 0.3 is 5.69 Å². The normalized spacial score (nSPS) is 19.2.